The summed E-state index contributed by atoms with van der Waals surface area (Å²) < 4.78 is 0. The minimum atomic E-state index is -0.380. The van der Waals surface area contributed by atoms with Crippen molar-refractivity contribution in [3.8, 4) is 0 Å². The van der Waals surface area contributed by atoms with Gasteiger partial charge in [-0.1, -0.05) is 35.5 Å². The van der Waals surface area contributed by atoms with E-state index in [1.165, 1.54) is 11.8 Å². The number of carbonyl (C=O) groups is 1. The van der Waals surface area contributed by atoms with E-state index in [-0.39, 0.29) is 17.3 Å². The Labute approximate surface area is 124 Å². The Bertz CT molecular complexity index is 637. The van der Waals surface area contributed by atoms with E-state index < -0.39 is 0 Å². The molecule has 2 N–H and O–H groups in total. The first-order chi connectivity index (χ1) is 9.54. The van der Waals surface area contributed by atoms with E-state index in [1.54, 1.807) is 24.1 Å². The summed E-state index contributed by atoms with van der Waals surface area (Å²) in [7, 11) is 1.73. The lowest BCUT2D eigenvalue weighted by Crippen LogP contribution is -2.27. The largest absolute Gasteiger partial charge is 0.341 e. The van der Waals surface area contributed by atoms with Crippen molar-refractivity contribution in [1.82, 2.24) is 20.1 Å². The van der Waals surface area contributed by atoms with Gasteiger partial charge in [0.1, 0.15) is 0 Å². The van der Waals surface area contributed by atoms with Gasteiger partial charge in [0.05, 0.1) is 5.75 Å². The molecule has 0 unspecified atom stereocenters. The molecular weight excluding hydrogens is 300 g/mol. The SMILES string of the molecule is CN(Cc1ccc(Cl)cc1)C(=O)CSc1n[nH]c(=O)[nH]1. The predicted molar refractivity (Wildman–Crippen MR) is 77.9 cm³/mol. The maximum atomic E-state index is 11.9. The second-order valence-electron chi connectivity index (χ2n) is 4.15. The number of hydrogen-bond donors (Lipinski definition) is 2. The lowest BCUT2D eigenvalue weighted by Gasteiger charge is -2.16. The smallest absolute Gasteiger partial charge is 0.341 e. The third kappa shape index (κ3) is 4.14. The van der Waals surface area contributed by atoms with Crippen LogP contribution in [0.1, 0.15) is 5.56 Å². The third-order valence-corrected chi connectivity index (χ3v) is 3.68. The van der Waals surface area contributed by atoms with Crippen molar-refractivity contribution in [1.29, 1.82) is 0 Å². The summed E-state index contributed by atoms with van der Waals surface area (Å²) in [6.45, 7) is 0.508. The van der Waals surface area contributed by atoms with Gasteiger partial charge in [0.25, 0.3) is 0 Å². The number of thioether (sulfide) groups is 1. The maximum absolute atomic E-state index is 11.9. The van der Waals surface area contributed by atoms with Crippen molar-refractivity contribution in [2.75, 3.05) is 12.8 Å². The van der Waals surface area contributed by atoms with Crippen LogP contribution in [0.5, 0.6) is 0 Å². The van der Waals surface area contributed by atoms with E-state index in [0.29, 0.717) is 16.7 Å². The molecule has 20 heavy (non-hydrogen) atoms. The van der Waals surface area contributed by atoms with Crippen LogP contribution in [-0.2, 0) is 11.3 Å². The Morgan fingerprint density at radius 2 is 2.10 bits per heavy atom. The van der Waals surface area contributed by atoms with E-state index >= 15 is 0 Å². The standard InChI is InChI=1S/C12H13ClN4O2S/c1-17(6-8-2-4-9(13)5-3-8)10(18)7-20-12-14-11(19)15-16-12/h2-5H,6-7H2,1H3,(H2,14,15,16,19). The highest BCUT2D eigenvalue weighted by molar-refractivity contribution is 7.99. The first kappa shape index (κ1) is 14.7. The Hall–Kier alpha value is -1.73. The Balaban J connectivity index is 1.85. The zero-order chi connectivity index (χ0) is 14.5. The van der Waals surface area contributed by atoms with Crippen LogP contribution in [0.2, 0.25) is 5.02 Å². The molecule has 0 aliphatic heterocycles. The molecule has 1 aromatic heterocycles. The minimum absolute atomic E-state index is 0.0474. The van der Waals surface area contributed by atoms with Gasteiger partial charge in [-0.05, 0) is 17.7 Å². The monoisotopic (exact) mass is 312 g/mol. The molecule has 1 aromatic carbocycles. The van der Waals surface area contributed by atoms with Crippen molar-refractivity contribution in [3.63, 3.8) is 0 Å². The Morgan fingerprint density at radius 3 is 2.70 bits per heavy atom. The topological polar surface area (TPSA) is 81.8 Å². The number of carbonyl (C=O) groups excluding carboxylic acids is 1. The van der Waals surface area contributed by atoms with Crippen molar-refractivity contribution in [3.05, 3.63) is 45.3 Å². The molecule has 0 spiro atoms. The zero-order valence-corrected chi connectivity index (χ0v) is 12.3. The summed E-state index contributed by atoms with van der Waals surface area (Å²) in [5, 5.41) is 7.05. The number of hydrogen-bond acceptors (Lipinski definition) is 4. The fourth-order valence-corrected chi connectivity index (χ4v) is 2.40. The Morgan fingerprint density at radius 1 is 1.40 bits per heavy atom. The molecular formula is C12H13ClN4O2S. The Kier molecular flexibility index (Phi) is 4.86. The quantitative estimate of drug-likeness (QED) is 0.820. The molecule has 8 heteroatoms. The molecule has 0 saturated heterocycles. The summed E-state index contributed by atoms with van der Waals surface area (Å²) in [6.07, 6.45) is 0. The van der Waals surface area contributed by atoms with Crippen LogP contribution in [0.15, 0.2) is 34.2 Å². The van der Waals surface area contributed by atoms with Crippen molar-refractivity contribution in [2.24, 2.45) is 0 Å². The molecule has 1 amide bonds. The van der Waals surface area contributed by atoms with Crippen LogP contribution in [0.25, 0.3) is 0 Å². The molecule has 0 radical (unpaired) electrons. The van der Waals surface area contributed by atoms with Crippen LogP contribution in [-0.4, -0.2) is 38.8 Å². The summed E-state index contributed by atoms with van der Waals surface area (Å²) in [4.78, 5) is 26.9. The molecule has 0 saturated carbocycles. The van der Waals surface area contributed by atoms with Crippen molar-refractivity contribution in [2.45, 2.75) is 11.7 Å². The van der Waals surface area contributed by atoms with Gasteiger partial charge < -0.3 is 4.90 Å². The third-order valence-electron chi connectivity index (χ3n) is 2.57. The summed E-state index contributed by atoms with van der Waals surface area (Å²) >= 11 is 6.99. The highest BCUT2D eigenvalue weighted by Gasteiger charge is 2.11. The second kappa shape index (κ2) is 6.62. The molecule has 106 valence electrons. The molecule has 0 aliphatic rings. The first-order valence-electron chi connectivity index (χ1n) is 5.80. The summed E-state index contributed by atoms with van der Waals surface area (Å²) in [5.74, 6) is 0.166. The van der Waals surface area contributed by atoms with E-state index in [0.717, 1.165) is 5.56 Å². The minimum Gasteiger partial charge on any atom is -0.341 e. The maximum Gasteiger partial charge on any atom is 0.341 e. The molecule has 2 aromatic rings. The molecule has 0 bridgehead atoms. The number of halogens is 1. The summed E-state index contributed by atoms with van der Waals surface area (Å²) in [5.41, 5.74) is 0.623. The summed E-state index contributed by atoms with van der Waals surface area (Å²) in [6, 6.07) is 7.34. The fraction of sp³-hybridized carbons (Fsp3) is 0.250. The average Bonchev–Trinajstić information content (AvgIpc) is 2.84. The van der Waals surface area contributed by atoms with Gasteiger partial charge >= 0.3 is 5.69 Å². The lowest BCUT2D eigenvalue weighted by molar-refractivity contribution is -0.127. The van der Waals surface area contributed by atoms with E-state index in [2.05, 4.69) is 15.2 Å². The van der Waals surface area contributed by atoms with E-state index in [4.69, 9.17) is 11.6 Å². The van der Waals surface area contributed by atoms with Gasteiger partial charge in [0.2, 0.25) is 5.91 Å². The average molecular weight is 313 g/mol. The molecule has 0 atom stereocenters. The number of amides is 1. The van der Waals surface area contributed by atoms with Crippen LogP contribution < -0.4 is 5.69 Å². The van der Waals surface area contributed by atoms with Gasteiger partial charge in [0, 0.05) is 18.6 Å². The van der Waals surface area contributed by atoms with Gasteiger partial charge in [-0.2, -0.15) is 0 Å². The number of rotatable bonds is 5. The number of nitrogens with zero attached hydrogens (tertiary/aromatic N) is 2. The highest BCUT2D eigenvalue weighted by atomic mass is 35.5. The number of benzene rings is 1. The van der Waals surface area contributed by atoms with Gasteiger partial charge in [-0.25, -0.2) is 9.89 Å². The second-order valence-corrected chi connectivity index (χ2v) is 5.55. The van der Waals surface area contributed by atoms with Gasteiger partial charge in [-0.3, -0.25) is 9.78 Å². The molecule has 1 heterocycles. The van der Waals surface area contributed by atoms with Crippen LogP contribution in [0, 0.1) is 0 Å². The molecule has 0 fully saturated rings. The zero-order valence-electron chi connectivity index (χ0n) is 10.7. The molecule has 0 aliphatic carbocycles. The number of nitrogens with one attached hydrogen (secondary N) is 2. The number of H-pyrrole nitrogens is 2. The lowest BCUT2D eigenvalue weighted by atomic mass is 10.2. The normalized spacial score (nSPS) is 10.5. The van der Waals surface area contributed by atoms with Crippen molar-refractivity contribution < 1.29 is 4.79 Å². The predicted octanol–water partition coefficient (Wildman–Crippen LogP) is 1.50. The first-order valence-corrected chi connectivity index (χ1v) is 7.17. The van der Waals surface area contributed by atoms with E-state index in [1.807, 2.05) is 12.1 Å². The highest BCUT2D eigenvalue weighted by Crippen LogP contribution is 2.13. The van der Waals surface area contributed by atoms with Crippen LogP contribution >= 0.6 is 23.4 Å². The number of aromatic amines is 2. The molecule has 6 nitrogen and oxygen atoms in total. The van der Waals surface area contributed by atoms with E-state index in [9.17, 15) is 9.59 Å². The van der Waals surface area contributed by atoms with Crippen molar-refractivity contribution >= 4 is 29.3 Å². The van der Waals surface area contributed by atoms with Crippen LogP contribution in [0.4, 0.5) is 0 Å². The van der Waals surface area contributed by atoms with Gasteiger partial charge in [-0.15, -0.1) is 5.10 Å². The fourth-order valence-electron chi connectivity index (χ4n) is 1.52. The number of aromatic nitrogens is 3. The van der Waals surface area contributed by atoms with Crippen LogP contribution in [0.3, 0.4) is 0 Å². The molecule has 2 rings (SSSR count). The van der Waals surface area contributed by atoms with Gasteiger partial charge in [0.15, 0.2) is 5.16 Å².